The van der Waals surface area contributed by atoms with Crippen molar-refractivity contribution in [2.45, 2.75) is 38.3 Å². The number of nitrogens with zero attached hydrogens (tertiary/aromatic N) is 2. The molecule has 3 aromatic rings. The lowest BCUT2D eigenvalue weighted by molar-refractivity contribution is -0.139. The van der Waals surface area contributed by atoms with Crippen molar-refractivity contribution in [2.75, 3.05) is 24.5 Å². The molecule has 3 rings (SSSR count). The highest BCUT2D eigenvalue weighted by Gasteiger charge is 2.33. The summed E-state index contributed by atoms with van der Waals surface area (Å²) in [5.41, 5.74) is 0.917. The van der Waals surface area contributed by atoms with Crippen molar-refractivity contribution < 1.29 is 22.7 Å². The maximum Gasteiger partial charge on any atom is 0.264 e. The van der Waals surface area contributed by atoms with Gasteiger partial charge in [-0.1, -0.05) is 67.9 Å². The van der Waals surface area contributed by atoms with E-state index in [1.54, 1.807) is 80.8 Å². The molecule has 0 aliphatic carbocycles. The quantitative estimate of drug-likeness (QED) is 0.339. The molecule has 2 amide bonds. The van der Waals surface area contributed by atoms with Crippen molar-refractivity contribution in [2.24, 2.45) is 5.92 Å². The summed E-state index contributed by atoms with van der Waals surface area (Å²) in [6.07, 6.45) is 0. The predicted molar refractivity (Wildman–Crippen MR) is 153 cm³/mol. The lowest BCUT2D eigenvalue weighted by Crippen LogP contribution is -2.51. The van der Waals surface area contributed by atoms with Crippen LogP contribution < -0.4 is 14.4 Å². The average Bonchev–Trinajstić information content (AvgIpc) is 2.94. The SMILES string of the molecule is COc1ccc(CN(C(=O)CN(c2ccccc2Cl)S(=O)(=O)c2ccccc2)C(C)C(=O)NCC(C)C)cc1. The van der Waals surface area contributed by atoms with Gasteiger partial charge in [0.05, 0.1) is 22.7 Å². The van der Waals surface area contributed by atoms with Gasteiger partial charge in [-0.2, -0.15) is 0 Å². The highest BCUT2D eigenvalue weighted by Crippen LogP contribution is 2.30. The van der Waals surface area contributed by atoms with Gasteiger partial charge in [-0.3, -0.25) is 13.9 Å². The maximum absolute atomic E-state index is 13.9. The molecule has 1 unspecified atom stereocenters. The molecule has 0 spiro atoms. The number of nitrogens with one attached hydrogen (secondary N) is 1. The van der Waals surface area contributed by atoms with E-state index < -0.39 is 28.5 Å². The molecular weight excluding hydrogens is 538 g/mol. The zero-order valence-electron chi connectivity index (χ0n) is 22.5. The van der Waals surface area contributed by atoms with Crippen molar-refractivity contribution >= 4 is 39.1 Å². The first-order valence-electron chi connectivity index (χ1n) is 12.6. The summed E-state index contributed by atoms with van der Waals surface area (Å²) in [6.45, 7) is 5.55. The van der Waals surface area contributed by atoms with Crippen molar-refractivity contribution in [3.63, 3.8) is 0 Å². The number of ether oxygens (including phenoxy) is 1. The van der Waals surface area contributed by atoms with Gasteiger partial charge in [-0.15, -0.1) is 0 Å². The van der Waals surface area contributed by atoms with E-state index in [-0.39, 0.29) is 34.0 Å². The van der Waals surface area contributed by atoms with Crippen molar-refractivity contribution in [1.29, 1.82) is 0 Å². The van der Waals surface area contributed by atoms with E-state index in [1.807, 2.05) is 13.8 Å². The van der Waals surface area contributed by atoms with Crippen LogP contribution in [0, 0.1) is 5.92 Å². The minimum Gasteiger partial charge on any atom is -0.497 e. The Morgan fingerprint density at radius 3 is 2.13 bits per heavy atom. The number of hydrogen-bond acceptors (Lipinski definition) is 5. The molecule has 0 aliphatic rings. The van der Waals surface area contributed by atoms with Crippen LogP contribution in [0.3, 0.4) is 0 Å². The molecule has 0 aliphatic heterocycles. The lowest BCUT2D eigenvalue weighted by atomic mass is 10.1. The molecule has 1 N–H and O–H groups in total. The van der Waals surface area contributed by atoms with Crippen LogP contribution in [0.4, 0.5) is 5.69 Å². The largest absolute Gasteiger partial charge is 0.497 e. The maximum atomic E-state index is 13.9. The average molecular weight is 572 g/mol. The summed E-state index contributed by atoms with van der Waals surface area (Å²) >= 11 is 6.41. The molecule has 8 nitrogen and oxygen atoms in total. The molecule has 10 heteroatoms. The first-order valence-corrected chi connectivity index (χ1v) is 14.4. The Labute approximate surface area is 235 Å². The third kappa shape index (κ3) is 7.74. The number of carbonyl (C=O) groups excluding carboxylic acids is 2. The van der Waals surface area contributed by atoms with E-state index in [9.17, 15) is 18.0 Å². The lowest BCUT2D eigenvalue weighted by Gasteiger charge is -2.32. The second-order valence-corrected chi connectivity index (χ2v) is 11.7. The van der Waals surface area contributed by atoms with Crippen molar-refractivity contribution in [3.05, 3.63) is 89.4 Å². The van der Waals surface area contributed by atoms with E-state index in [1.165, 1.54) is 17.0 Å². The smallest absolute Gasteiger partial charge is 0.264 e. The van der Waals surface area contributed by atoms with Crippen molar-refractivity contribution in [3.8, 4) is 5.75 Å². The van der Waals surface area contributed by atoms with E-state index in [0.717, 1.165) is 9.87 Å². The van der Waals surface area contributed by atoms with Gasteiger partial charge in [-0.05, 0) is 54.8 Å². The standard InChI is InChI=1S/C29H34ClN3O5S/c1-21(2)18-31-29(35)22(3)32(19-23-14-16-24(38-4)17-15-23)28(34)20-33(27-13-9-8-12-26(27)30)39(36,37)25-10-6-5-7-11-25/h5-17,21-22H,18-20H2,1-4H3,(H,31,35). The number of halogens is 1. The van der Waals surface area contributed by atoms with Crippen LogP contribution in [0.2, 0.25) is 5.02 Å². The van der Waals surface area contributed by atoms with Crippen LogP contribution in [0.5, 0.6) is 5.75 Å². The van der Waals surface area contributed by atoms with E-state index in [2.05, 4.69) is 5.32 Å². The van der Waals surface area contributed by atoms with Crippen LogP contribution in [0.15, 0.2) is 83.8 Å². The third-order valence-corrected chi connectivity index (χ3v) is 8.19. The van der Waals surface area contributed by atoms with Crippen LogP contribution >= 0.6 is 11.6 Å². The Morgan fingerprint density at radius 1 is 0.923 bits per heavy atom. The normalized spacial score (nSPS) is 12.1. The number of amides is 2. The topological polar surface area (TPSA) is 96.0 Å². The molecule has 1 atom stereocenters. The number of hydrogen-bond donors (Lipinski definition) is 1. The number of benzene rings is 3. The third-order valence-electron chi connectivity index (χ3n) is 6.10. The zero-order valence-corrected chi connectivity index (χ0v) is 24.1. The Bertz CT molecular complexity index is 1370. The number of anilines is 1. The highest BCUT2D eigenvalue weighted by molar-refractivity contribution is 7.92. The minimum absolute atomic E-state index is 0.0159. The van der Waals surface area contributed by atoms with Gasteiger partial charge in [0.2, 0.25) is 11.8 Å². The van der Waals surface area contributed by atoms with Gasteiger partial charge in [-0.25, -0.2) is 8.42 Å². The highest BCUT2D eigenvalue weighted by atomic mass is 35.5. The fourth-order valence-corrected chi connectivity index (χ4v) is 5.59. The van der Waals surface area contributed by atoms with Crippen molar-refractivity contribution in [1.82, 2.24) is 10.2 Å². The van der Waals surface area contributed by atoms with Crippen LogP contribution in [0.1, 0.15) is 26.3 Å². The summed E-state index contributed by atoms with van der Waals surface area (Å²) in [4.78, 5) is 28.3. The molecule has 0 radical (unpaired) electrons. The molecular formula is C29H34ClN3O5S. The van der Waals surface area contributed by atoms with Gasteiger partial charge in [0.1, 0.15) is 18.3 Å². The Morgan fingerprint density at radius 2 is 1.54 bits per heavy atom. The molecule has 0 saturated carbocycles. The Balaban J connectivity index is 2.00. The fraction of sp³-hybridized carbons (Fsp3) is 0.310. The molecule has 39 heavy (non-hydrogen) atoms. The number of rotatable bonds is 12. The molecule has 0 saturated heterocycles. The molecule has 3 aromatic carbocycles. The van der Waals surface area contributed by atoms with Gasteiger partial charge in [0.25, 0.3) is 10.0 Å². The first kappa shape index (κ1) is 30.0. The number of methoxy groups -OCH3 is 1. The molecule has 208 valence electrons. The van der Waals surface area contributed by atoms with Crippen LogP contribution in [-0.4, -0.2) is 51.4 Å². The summed E-state index contributed by atoms with van der Waals surface area (Å²) < 4.78 is 33.7. The number of carbonyl (C=O) groups is 2. The summed E-state index contributed by atoms with van der Waals surface area (Å²) in [5, 5.41) is 3.04. The number of para-hydroxylation sites is 1. The molecule has 0 heterocycles. The number of sulfonamides is 1. The van der Waals surface area contributed by atoms with E-state index >= 15 is 0 Å². The first-order chi connectivity index (χ1) is 18.5. The Kier molecular flexibility index (Phi) is 10.4. The van der Waals surface area contributed by atoms with E-state index in [4.69, 9.17) is 16.3 Å². The molecule has 0 bridgehead atoms. The van der Waals surface area contributed by atoms with Gasteiger partial charge in [0, 0.05) is 13.1 Å². The monoisotopic (exact) mass is 571 g/mol. The molecule has 0 fully saturated rings. The minimum atomic E-state index is -4.17. The Hall–Kier alpha value is -3.56. The summed E-state index contributed by atoms with van der Waals surface area (Å²) in [7, 11) is -2.61. The fourth-order valence-electron chi connectivity index (χ4n) is 3.85. The zero-order chi connectivity index (χ0) is 28.6. The summed E-state index contributed by atoms with van der Waals surface area (Å²) in [6, 6.07) is 20.5. The predicted octanol–water partition coefficient (Wildman–Crippen LogP) is 4.73. The van der Waals surface area contributed by atoms with Crippen LogP contribution in [-0.2, 0) is 26.2 Å². The molecule has 0 aromatic heterocycles. The van der Waals surface area contributed by atoms with Gasteiger partial charge < -0.3 is 15.0 Å². The van der Waals surface area contributed by atoms with Gasteiger partial charge in [0.15, 0.2) is 0 Å². The second-order valence-electron chi connectivity index (χ2n) is 9.46. The van der Waals surface area contributed by atoms with Crippen LogP contribution in [0.25, 0.3) is 0 Å². The second kappa shape index (κ2) is 13.5. The van der Waals surface area contributed by atoms with E-state index in [0.29, 0.717) is 12.3 Å². The van der Waals surface area contributed by atoms with Gasteiger partial charge >= 0.3 is 0 Å². The summed E-state index contributed by atoms with van der Waals surface area (Å²) in [5.74, 6) is -0.0185.